The van der Waals surface area contributed by atoms with Crippen molar-refractivity contribution < 1.29 is 9.15 Å². The largest absolute Gasteiger partial charge is 0.489 e. The van der Waals surface area contributed by atoms with Gasteiger partial charge in [-0.05, 0) is 73.4 Å². The molecule has 1 heterocycles. The Balaban J connectivity index is 1.72. The lowest BCUT2D eigenvalue weighted by molar-refractivity contribution is 0.305. The van der Waals surface area contributed by atoms with E-state index >= 15 is 0 Å². The first-order chi connectivity index (χ1) is 13.9. The molecule has 0 aliphatic heterocycles. The van der Waals surface area contributed by atoms with E-state index < -0.39 is 0 Å². The minimum absolute atomic E-state index is 0.360. The highest BCUT2D eigenvalue weighted by Crippen LogP contribution is 2.30. The highest BCUT2D eigenvalue weighted by molar-refractivity contribution is 6.30. The Hall–Kier alpha value is -3.04. The molecule has 0 aliphatic carbocycles. The molecule has 0 aliphatic rings. The van der Waals surface area contributed by atoms with Gasteiger partial charge in [0.15, 0.2) is 0 Å². The number of aryl methyl sites for hydroxylation is 3. The number of hydrogen-bond donors (Lipinski definition) is 0. The van der Waals surface area contributed by atoms with Crippen LogP contribution in [0.2, 0.25) is 5.02 Å². The number of fused-ring (bicyclic) bond motifs is 1. The molecule has 0 N–H and O–H groups in total. The maximum atomic E-state index is 12.6. The number of hydrogen-bond acceptors (Lipinski definition) is 3. The predicted molar refractivity (Wildman–Crippen MR) is 118 cm³/mol. The fourth-order valence-electron chi connectivity index (χ4n) is 3.49. The van der Waals surface area contributed by atoms with Crippen molar-refractivity contribution in [2.24, 2.45) is 0 Å². The summed E-state index contributed by atoms with van der Waals surface area (Å²) in [7, 11) is 0. The van der Waals surface area contributed by atoms with Crippen LogP contribution in [0.25, 0.3) is 22.1 Å². The van der Waals surface area contributed by atoms with Crippen molar-refractivity contribution in [3.8, 4) is 16.9 Å². The molecule has 4 aromatic rings. The van der Waals surface area contributed by atoms with Gasteiger partial charge in [0.2, 0.25) is 0 Å². The van der Waals surface area contributed by atoms with Crippen molar-refractivity contribution >= 4 is 22.6 Å². The summed E-state index contributed by atoms with van der Waals surface area (Å²) < 4.78 is 11.6. The summed E-state index contributed by atoms with van der Waals surface area (Å²) >= 11 is 5.98. The second-order valence-corrected chi connectivity index (χ2v) is 7.71. The van der Waals surface area contributed by atoms with Gasteiger partial charge < -0.3 is 9.15 Å². The summed E-state index contributed by atoms with van der Waals surface area (Å²) in [6, 6.07) is 19.1. The Morgan fingerprint density at radius 2 is 1.69 bits per heavy atom. The van der Waals surface area contributed by atoms with Crippen molar-refractivity contribution in [3.05, 3.63) is 98.4 Å². The summed E-state index contributed by atoms with van der Waals surface area (Å²) in [5.74, 6) is 0.734. The van der Waals surface area contributed by atoms with Gasteiger partial charge in [-0.3, -0.25) is 0 Å². The Morgan fingerprint density at radius 3 is 2.45 bits per heavy atom. The van der Waals surface area contributed by atoms with E-state index in [1.54, 1.807) is 18.2 Å². The normalized spacial score (nSPS) is 11.0. The van der Waals surface area contributed by atoms with Crippen LogP contribution in [0.4, 0.5) is 0 Å². The third kappa shape index (κ3) is 3.92. The van der Waals surface area contributed by atoms with Gasteiger partial charge in [-0.15, -0.1) is 0 Å². The number of halogens is 1. The van der Waals surface area contributed by atoms with Crippen molar-refractivity contribution in [1.82, 2.24) is 0 Å². The number of rotatable bonds is 4. The second-order valence-electron chi connectivity index (χ2n) is 7.27. The van der Waals surface area contributed by atoms with E-state index in [9.17, 15) is 4.79 Å². The highest BCUT2D eigenvalue weighted by atomic mass is 35.5. The Kier molecular flexibility index (Phi) is 5.16. The molecule has 3 aromatic carbocycles. The number of benzene rings is 3. The van der Waals surface area contributed by atoms with E-state index in [0.717, 1.165) is 27.8 Å². The maximum Gasteiger partial charge on any atom is 0.344 e. The van der Waals surface area contributed by atoms with Crippen LogP contribution in [-0.2, 0) is 6.61 Å². The third-order valence-electron chi connectivity index (χ3n) is 5.17. The van der Waals surface area contributed by atoms with Crippen molar-refractivity contribution in [2.75, 3.05) is 0 Å². The first kappa shape index (κ1) is 19.3. The molecule has 29 heavy (non-hydrogen) atoms. The lowest BCUT2D eigenvalue weighted by Crippen LogP contribution is -2.06. The van der Waals surface area contributed by atoms with Gasteiger partial charge in [0.1, 0.15) is 17.9 Å². The molecule has 4 rings (SSSR count). The average molecular weight is 405 g/mol. The summed E-state index contributed by atoms with van der Waals surface area (Å²) in [5.41, 5.74) is 5.93. The summed E-state index contributed by atoms with van der Waals surface area (Å²) in [5, 5.41) is 1.48. The second kappa shape index (κ2) is 7.76. The van der Waals surface area contributed by atoms with Crippen LogP contribution in [0.1, 0.15) is 22.3 Å². The zero-order valence-electron chi connectivity index (χ0n) is 16.6. The molecule has 0 atom stereocenters. The fraction of sp³-hybridized carbons (Fsp3) is 0.160. The van der Waals surface area contributed by atoms with Gasteiger partial charge in [-0.1, -0.05) is 47.5 Å². The molecular formula is C25H21ClO3. The van der Waals surface area contributed by atoms with Gasteiger partial charge in [0, 0.05) is 10.4 Å². The molecule has 0 unspecified atom stereocenters. The molecular weight excluding hydrogens is 384 g/mol. The molecule has 0 saturated carbocycles. The lowest BCUT2D eigenvalue weighted by atomic mass is 9.99. The SMILES string of the molecule is Cc1ccc(C)c(COc2ccc3oc(=O)c(-c4ccc(Cl)cc4)c(C)c3c2)c1. The van der Waals surface area contributed by atoms with Crippen molar-refractivity contribution in [3.63, 3.8) is 0 Å². The summed E-state index contributed by atoms with van der Waals surface area (Å²) in [6.07, 6.45) is 0. The highest BCUT2D eigenvalue weighted by Gasteiger charge is 2.14. The molecule has 146 valence electrons. The Morgan fingerprint density at radius 1 is 0.931 bits per heavy atom. The van der Waals surface area contributed by atoms with Crippen LogP contribution >= 0.6 is 11.6 Å². The molecule has 1 aromatic heterocycles. The molecule has 0 radical (unpaired) electrons. The maximum absolute atomic E-state index is 12.6. The molecule has 4 heteroatoms. The Labute approximate surface area is 174 Å². The first-order valence-corrected chi connectivity index (χ1v) is 9.82. The van der Waals surface area contributed by atoms with Crippen LogP contribution in [0.15, 0.2) is 69.9 Å². The van der Waals surface area contributed by atoms with Crippen LogP contribution in [-0.4, -0.2) is 0 Å². The topological polar surface area (TPSA) is 39.4 Å². The monoisotopic (exact) mass is 404 g/mol. The van der Waals surface area contributed by atoms with Crippen LogP contribution in [0.3, 0.4) is 0 Å². The molecule has 0 spiro atoms. The molecule has 0 saturated heterocycles. The minimum atomic E-state index is -0.360. The molecule has 0 amide bonds. The van der Waals surface area contributed by atoms with Crippen LogP contribution in [0, 0.1) is 20.8 Å². The lowest BCUT2D eigenvalue weighted by Gasteiger charge is -2.12. The average Bonchev–Trinajstić information content (AvgIpc) is 2.70. The molecule has 0 fully saturated rings. The van der Waals surface area contributed by atoms with Gasteiger partial charge in [0.05, 0.1) is 5.56 Å². The van der Waals surface area contributed by atoms with E-state index in [0.29, 0.717) is 22.8 Å². The van der Waals surface area contributed by atoms with Gasteiger partial charge >= 0.3 is 5.63 Å². The predicted octanol–water partition coefficient (Wildman–Crippen LogP) is 6.62. The minimum Gasteiger partial charge on any atom is -0.489 e. The van der Waals surface area contributed by atoms with Crippen molar-refractivity contribution in [2.45, 2.75) is 27.4 Å². The van der Waals surface area contributed by atoms with Gasteiger partial charge in [0.25, 0.3) is 0 Å². The fourth-order valence-corrected chi connectivity index (χ4v) is 3.61. The van der Waals surface area contributed by atoms with Crippen LogP contribution < -0.4 is 10.4 Å². The zero-order chi connectivity index (χ0) is 20.5. The third-order valence-corrected chi connectivity index (χ3v) is 5.42. The van der Waals surface area contributed by atoms with E-state index in [2.05, 4.69) is 32.0 Å². The summed E-state index contributed by atoms with van der Waals surface area (Å²) in [4.78, 5) is 12.6. The standard InChI is InChI=1S/C25H21ClO3/c1-15-4-5-16(2)19(12-15)14-28-21-10-11-23-22(13-21)17(3)24(25(27)29-23)18-6-8-20(26)9-7-18/h4-13H,14H2,1-3H3. The first-order valence-electron chi connectivity index (χ1n) is 9.45. The van der Waals surface area contributed by atoms with Crippen LogP contribution in [0.5, 0.6) is 5.75 Å². The number of ether oxygens (including phenoxy) is 1. The van der Waals surface area contributed by atoms with Gasteiger partial charge in [-0.2, -0.15) is 0 Å². The smallest absolute Gasteiger partial charge is 0.344 e. The van der Waals surface area contributed by atoms with Gasteiger partial charge in [-0.25, -0.2) is 4.79 Å². The summed E-state index contributed by atoms with van der Waals surface area (Å²) in [6.45, 7) is 6.56. The Bertz CT molecular complexity index is 1250. The molecule has 3 nitrogen and oxygen atoms in total. The van der Waals surface area contributed by atoms with Crippen molar-refractivity contribution in [1.29, 1.82) is 0 Å². The van der Waals surface area contributed by atoms with E-state index in [1.165, 1.54) is 11.1 Å². The van der Waals surface area contributed by atoms with E-state index in [4.69, 9.17) is 20.8 Å². The van der Waals surface area contributed by atoms with E-state index in [-0.39, 0.29) is 5.63 Å². The zero-order valence-corrected chi connectivity index (χ0v) is 17.3. The quantitative estimate of drug-likeness (QED) is 0.359. The van der Waals surface area contributed by atoms with E-state index in [1.807, 2.05) is 31.2 Å². The molecule has 0 bridgehead atoms.